The first-order valence-corrected chi connectivity index (χ1v) is 7.57. The van der Waals surface area contributed by atoms with Crippen LogP contribution in [0.1, 0.15) is 5.56 Å². The Kier molecular flexibility index (Phi) is 3.86. The Morgan fingerprint density at radius 3 is 2.76 bits per heavy atom. The smallest absolute Gasteiger partial charge is 0.262 e. The number of aryl methyl sites for hydroxylation is 1. The number of hydrogen-bond donors (Lipinski definition) is 0. The Labute approximate surface area is 126 Å². The highest BCUT2D eigenvalue weighted by Crippen LogP contribution is 2.35. The second-order valence-corrected chi connectivity index (χ2v) is 5.84. The van der Waals surface area contributed by atoms with Gasteiger partial charge in [0.2, 0.25) is 0 Å². The number of aromatic nitrogens is 2. The van der Waals surface area contributed by atoms with E-state index >= 15 is 0 Å². The van der Waals surface area contributed by atoms with Crippen molar-refractivity contribution in [3.05, 3.63) is 52.6 Å². The zero-order valence-corrected chi connectivity index (χ0v) is 12.8. The minimum absolute atomic E-state index is 0.00739. The largest absolute Gasteiger partial charge is 0.383 e. The molecule has 3 rings (SSSR count). The third-order valence-corrected chi connectivity index (χ3v) is 4.74. The van der Waals surface area contributed by atoms with Crippen LogP contribution >= 0.6 is 11.3 Å². The highest BCUT2D eigenvalue weighted by Gasteiger charge is 2.15. The summed E-state index contributed by atoms with van der Waals surface area (Å²) in [6, 6.07) is 10.1. The van der Waals surface area contributed by atoms with Crippen molar-refractivity contribution >= 4 is 21.6 Å². The molecule has 0 unspecified atom stereocenters. The van der Waals surface area contributed by atoms with Gasteiger partial charge in [-0.25, -0.2) is 4.98 Å². The summed E-state index contributed by atoms with van der Waals surface area (Å²) in [4.78, 5) is 18.9. The number of nitrogens with zero attached hydrogens (tertiary/aromatic N) is 2. The summed E-state index contributed by atoms with van der Waals surface area (Å²) in [6.07, 6.45) is 1.61. The number of thiophene rings is 1. The van der Waals surface area contributed by atoms with Crippen LogP contribution in [0.4, 0.5) is 0 Å². The van der Waals surface area contributed by atoms with Gasteiger partial charge in [-0.15, -0.1) is 11.3 Å². The predicted molar refractivity (Wildman–Crippen MR) is 85.9 cm³/mol. The van der Waals surface area contributed by atoms with Crippen LogP contribution in [0, 0.1) is 6.92 Å². The standard InChI is InChI=1S/C16H16N2O2S/c1-11-13-15(17-10-18(16(13)19)8-9-20-2)21-14(11)12-6-4-3-5-7-12/h3-7,10H,8-9H2,1-2H3. The maximum atomic E-state index is 12.6. The molecule has 4 nitrogen and oxygen atoms in total. The zero-order chi connectivity index (χ0) is 14.8. The van der Waals surface area contributed by atoms with Crippen molar-refractivity contribution in [3.63, 3.8) is 0 Å². The van der Waals surface area contributed by atoms with E-state index in [0.717, 1.165) is 26.2 Å². The number of methoxy groups -OCH3 is 1. The number of rotatable bonds is 4. The highest BCUT2D eigenvalue weighted by molar-refractivity contribution is 7.22. The number of ether oxygens (including phenoxy) is 1. The summed E-state index contributed by atoms with van der Waals surface area (Å²) < 4.78 is 6.64. The number of hydrogen-bond acceptors (Lipinski definition) is 4. The molecule has 0 radical (unpaired) electrons. The molecule has 108 valence electrons. The average molecular weight is 300 g/mol. The Bertz CT molecular complexity index is 821. The van der Waals surface area contributed by atoms with Crippen molar-refractivity contribution in [2.75, 3.05) is 13.7 Å². The molecular weight excluding hydrogens is 284 g/mol. The van der Waals surface area contributed by atoms with Gasteiger partial charge in [0, 0.05) is 12.0 Å². The van der Waals surface area contributed by atoms with Crippen molar-refractivity contribution in [1.82, 2.24) is 9.55 Å². The molecule has 3 aromatic rings. The SMILES string of the molecule is COCCn1cnc2sc(-c3ccccc3)c(C)c2c1=O. The molecule has 0 aliphatic heterocycles. The normalized spacial score (nSPS) is 11.1. The summed E-state index contributed by atoms with van der Waals surface area (Å²) in [5, 5.41) is 0.720. The molecule has 5 heteroatoms. The number of fused-ring (bicyclic) bond motifs is 1. The van der Waals surface area contributed by atoms with Gasteiger partial charge in [0.15, 0.2) is 0 Å². The Morgan fingerprint density at radius 2 is 2.05 bits per heavy atom. The molecule has 2 aromatic heterocycles. The lowest BCUT2D eigenvalue weighted by atomic mass is 10.1. The van der Waals surface area contributed by atoms with Gasteiger partial charge in [0.25, 0.3) is 5.56 Å². The molecule has 0 fully saturated rings. The van der Waals surface area contributed by atoms with E-state index in [0.29, 0.717) is 13.2 Å². The molecule has 0 spiro atoms. The molecular formula is C16H16N2O2S. The Balaban J connectivity index is 2.17. The molecule has 0 saturated carbocycles. The molecule has 0 atom stereocenters. The fraction of sp³-hybridized carbons (Fsp3) is 0.250. The van der Waals surface area contributed by atoms with Crippen LogP contribution in [-0.4, -0.2) is 23.3 Å². The van der Waals surface area contributed by atoms with Crippen LogP contribution in [0.2, 0.25) is 0 Å². The van der Waals surface area contributed by atoms with E-state index < -0.39 is 0 Å². The van der Waals surface area contributed by atoms with E-state index in [1.54, 1.807) is 29.3 Å². The Hall–Kier alpha value is -1.98. The van der Waals surface area contributed by atoms with Gasteiger partial charge >= 0.3 is 0 Å². The van der Waals surface area contributed by atoms with E-state index in [9.17, 15) is 4.79 Å². The minimum Gasteiger partial charge on any atom is -0.383 e. The van der Waals surface area contributed by atoms with Crippen molar-refractivity contribution < 1.29 is 4.74 Å². The second-order valence-electron chi connectivity index (χ2n) is 4.84. The van der Waals surface area contributed by atoms with Gasteiger partial charge in [-0.3, -0.25) is 9.36 Å². The molecule has 21 heavy (non-hydrogen) atoms. The quantitative estimate of drug-likeness (QED) is 0.744. The van der Waals surface area contributed by atoms with Gasteiger partial charge in [-0.2, -0.15) is 0 Å². The van der Waals surface area contributed by atoms with Crippen LogP contribution in [-0.2, 0) is 11.3 Å². The lowest BCUT2D eigenvalue weighted by molar-refractivity contribution is 0.186. The summed E-state index contributed by atoms with van der Waals surface area (Å²) >= 11 is 1.57. The summed E-state index contributed by atoms with van der Waals surface area (Å²) in [7, 11) is 1.63. The lowest BCUT2D eigenvalue weighted by Crippen LogP contribution is -2.22. The lowest BCUT2D eigenvalue weighted by Gasteiger charge is -2.04. The number of benzene rings is 1. The molecule has 0 saturated heterocycles. The third-order valence-electron chi connectivity index (χ3n) is 3.49. The first-order chi connectivity index (χ1) is 10.2. The van der Waals surface area contributed by atoms with Crippen molar-refractivity contribution in [1.29, 1.82) is 0 Å². The van der Waals surface area contributed by atoms with Crippen LogP contribution in [0.25, 0.3) is 20.7 Å². The van der Waals surface area contributed by atoms with Crippen molar-refractivity contribution in [2.24, 2.45) is 0 Å². The second kappa shape index (κ2) is 5.79. The molecule has 0 aliphatic rings. The maximum absolute atomic E-state index is 12.6. The first-order valence-electron chi connectivity index (χ1n) is 6.75. The van der Waals surface area contributed by atoms with Gasteiger partial charge < -0.3 is 4.74 Å². The average Bonchev–Trinajstić information content (AvgIpc) is 2.85. The van der Waals surface area contributed by atoms with Crippen LogP contribution in [0.3, 0.4) is 0 Å². The molecule has 2 heterocycles. The minimum atomic E-state index is 0.00739. The van der Waals surface area contributed by atoms with Gasteiger partial charge in [0.1, 0.15) is 4.83 Å². The summed E-state index contributed by atoms with van der Waals surface area (Å²) in [5.41, 5.74) is 2.14. The topological polar surface area (TPSA) is 44.1 Å². The van der Waals surface area contributed by atoms with Crippen LogP contribution in [0.5, 0.6) is 0 Å². The van der Waals surface area contributed by atoms with Gasteiger partial charge in [-0.1, -0.05) is 30.3 Å². The van der Waals surface area contributed by atoms with E-state index in [2.05, 4.69) is 17.1 Å². The van der Waals surface area contributed by atoms with E-state index in [-0.39, 0.29) is 5.56 Å². The molecule has 0 amide bonds. The maximum Gasteiger partial charge on any atom is 0.262 e. The van der Waals surface area contributed by atoms with Crippen molar-refractivity contribution in [2.45, 2.75) is 13.5 Å². The predicted octanol–water partition coefficient (Wildman–Crippen LogP) is 3.08. The molecule has 1 aromatic carbocycles. The van der Waals surface area contributed by atoms with E-state index in [1.165, 1.54) is 0 Å². The molecule has 0 N–H and O–H groups in total. The van der Waals surface area contributed by atoms with Gasteiger partial charge in [0.05, 0.1) is 24.9 Å². The third kappa shape index (κ3) is 2.50. The monoisotopic (exact) mass is 300 g/mol. The highest BCUT2D eigenvalue weighted by atomic mass is 32.1. The van der Waals surface area contributed by atoms with E-state index in [4.69, 9.17) is 4.74 Å². The summed E-state index contributed by atoms with van der Waals surface area (Å²) in [6.45, 7) is 3.01. The fourth-order valence-electron chi connectivity index (χ4n) is 2.37. The first kappa shape index (κ1) is 14.0. The van der Waals surface area contributed by atoms with Gasteiger partial charge in [-0.05, 0) is 18.1 Å². The molecule has 0 aliphatic carbocycles. The fourth-order valence-corrected chi connectivity index (χ4v) is 3.52. The van der Waals surface area contributed by atoms with Crippen LogP contribution in [0.15, 0.2) is 41.5 Å². The van der Waals surface area contributed by atoms with Crippen molar-refractivity contribution in [3.8, 4) is 10.4 Å². The Morgan fingerprint density at radius 1 is 1.29 bits per heavy atom. The molecule has 0 bridgehead atoms. The van der Waals surface area contributed by atoms with E-state index in [1.807, 2.05) is 25.1 Å². The van der Waals surface area contributed by atoms with Crippen LogP contribution < -0.4 is 5.56 Å². The zero-order valence-electron chi connectivity index (χ0n) is 12.0. The summed E-state index contributed by atoms with van der Waals surface area (Å²) in [5.74, 6) is 0.